The number of nitrogens with zero attached hydrogens (tertiary/aromatic N) is 1. The Balaban J connectivity index is 1.81. The first-order chi connectivity index (χ1) is 16.1. The summed E-state index contributed by atoms with van der Waals surface area (Å²) in [7, 11) is 0. The third-order valence-corrected chi connectivity index (χ3v) is 6.17. The molecule has 0 aliphatic carbocycles. The van der Waals surface area contributed by atoms with Crippen LogP contribution in [0.25, 0.3) is 11.1 Å². The van der Waals surface area contributed by atoms with Crippen LogP contribution >= 0.6 is 11.9 Å². The van der Waals surface area contributed by atoms with Crippen molar-refractivity contribution in [1.29, 1.82) is 0 Å². The lowest BCUT2D eigenvalue weighted by Gasteiger charge is -2.20. The van der Waals surface area contributed by atoms with Crippen molar-refractivity contribution in [2.24, 2.45) is 5.14 Å². The minimum atomic E-state index is -0.963. The fourth-order valence-corrected chi connectivity index (χ4v) is 4.33. The highest BCUT2D eigenvalue weighted by atomic mass is 32.2. The van der Waals surface area contributed by atoms with E-state index >= 15 is 0 Å². The first kappa shape index (κ1) is 25.7. The number of benzene rings is 2. The average Bonchev–Trinajstić information content (AvgIpc) is 2.78. The molecule has 0 spiro atoms. The molecule has 0 saturated heterocycles. The number of carboxylic acids is 1. The van der Waals surface area contributed by atoms with Crippen LogP contribution < -0.4 is 9.88 Å². The zero-order valence-corrected chi connectivity index (χ0v) is 20.9. The van der Waals surface area contributed by atoms with Crippen LogP contribution in [0.3, 0.4) is 0 Å². The van der Waals surface area contributed by atoms with Gasteiger partial charge in [-0.3, -0.25) is 9.93 Å². The van der Waals surface area contributed by atoms with Crippen molar-refractivity contribution < 1.29 is 19.7 Å². The molecule has 0 unspecified atom stereocenters. The van der Waals surface area contributed by atoms with Gasteiger partial charge in [0.2, 0.25) is 5.88 Å². The Morgan fingerprint density at radius 2 is 1.94 bits per heavy atom. The summed E-state index contributed by atoms with van der Waals surface area (Å²) in [5.74, 6) is -0.174. The summed E-state index contributed by atoms with van der Waals surface area (Å²) in [4.78, 5) is 16.8. The molecule has 180 valence electrons. The molecule has 7 heteroatoms. The first-order valence-corrected chi connectivity index (χ1v) is 12.1. The predicted molar refractivity (Wildman–Crippen MR) is 136 cm³/mol. The van der Waals surface area contributed by atoms with E-state index in [1.165, 1.54) is 0 Å². The molecule has 3 aromatic rings. The number of nitrogens with two attached hydrogens (primary N) is 1. The van der Waals surface area contributed by atoms with Crippen LogP contribution in [0.15, 0.2) is 59.6 Å². The van der Waals surface area contributed by atoms with Crippen LogP contribution in [0, 0.1) is 0 Å². The largest absolute Gasteiger partial charge is 0.481 e. The number of hydrogen-bond acceptors (Lipinski definition) is 6. The Morgan fingerprint density at radius 3 is 2.59 bits per heavy atom. The van der Waals surface area contributed by atoms with E-state index in [0.717, 1.165) is 50.2 Å². The van der Waals surface area contributed by atoms with Crippen molar-refractivity contribution in [3.05, 3.63) is 77.0 Å². The molecule has 0 aliphatic rings. The molecule has 0 bridgehead atoms. The standard InChI is InChI=1S/C27H32N2O4S/c1-17(2)22-6-5-7-23(24(22)16-26(30)31)19-8-10-29-25(14-19)33-11-9-18-12-20(27(3,4)32)15-21(13-18)34-28/h5-8,10,12-15,17,32H,9,11,16,28H2,1-4H3,(H,30,31). The summed E-state index contributed by atoms with van der Waals surface area (Å²) in [6.07, 6.45) is 2.26. The summed E-state index contributed by atoms with van der Waals surface area (Å²) in [5.41, 5.74) is 4.44. The van der Waals surface area contributed by atoms with Crippen molar-refractivity contribution in [1.82, 2.24) is 4.98 Å². The van der Waals surface area contributed by atoms with E-state index in [1.807, 2.05) is 48.5 Å². The van der Waals surface area contributed by atoms with E-state index in [0.29, 0.717) is 18.9 Å². The van der Waals surface area contributed by atoms with Gasteiger partial charge in [-0.2, -0.15) is 0 Å². The molecule has 3 rings (SSSR count). The number of pyridine rings is 1. The number of hydrogen-bond donors (Lipinski definition) is 3. The Labute approximate surface area is 205 Å². The van der Waals surface area contributed by atoms with Gasteiger partial charge in [-0.15, -0.1) is 0 Å². The van der Waals surface area contributed by atoms with Crippen molar-refractivity contribution >= 4 is 17.9 Å². The normalized spacial score (nSPS) is 11.6. The highest BCUT2D eigenvalue weighted by Crippen LogP contribution is 2.32. The van der Waals surface area contributed by atoms with Crippen molar-refractivity contribution in [3.8, 4) is 17.0 Å². The van der Waals surface area contributed by atoms with Crippen LogP contribution in [-0.4, -0.2) is 27.8 Å². The third kappa shape index (κ3) is 6.59. The van der Waals surface area contributed by atoms with E-state index in [4.69, 9.17) is 9.88 Å². The highest BCUT2D eigenvalue weighted by Gasteiger charge is 2.18. The van der Waals surface area contributed by atoms with Crippen molar-refractivity contribution in [3.63, 3.8) is 0 Å². The zero-order valence-electron chi connectivity index (χ0n) is 20.0. The average molecular weight is 481 g/mol. The second kappa shape index (κ2) is 11.0. The molecule has 0 fully saturated rings. The molecule has 1 heterocycles. The van der Waals surface area contributed by atoms with Gasteiger partial charge in [0.15, 0.2) is 0 Å². The molecule has 0 aliphatic heterocycles. The van der Waals surface area contributed by atoms with E-state index in [-0.39, 0.29) is 12.3 Å². The maximum atomic E-state index is 11.5. The summed E-state index contributed by atoms with van der Waals surface area (Å²) in [6, 6.07) is 15.4. The van der Waals surface area contributed by atoms with Crippen LogP contribution in [0.1, 0.15) is 55.9 Å². The van der Waals surface area contributed by atoms with Gasteiger partial charge in [0.05, 0.1) is 18.6 Å². The van der Waals surface area contributed by atoms with E-state index in [1.54, 1.807) is 20.0 Å². The molecular weight excluding hydrogens is 448 g/mol. The van der Waals surface area contributed by atoms with Crippen molar-refractivity contribution in [2.45, 2.75) is 57.0 Å². The molecule has 34 heavy (non-hydrogen) atoms. The highest BCUT2D eigenvalue weighted by molar-refractivity contribution is 7.97. The fraction of sp³-hybridized carbons (Fsp3) is 0.333. The van der Waals surface area contributed by atoms with Crippen LogP contribution in [0.5, 0.6) is 5.88 Å². The number of ether oxygens (including phenoxy) is 1. The molecule has 0 atom stereocenters. The lowest BCUT2D eigenvalue weighted by Crippen LogP contribution is -2.16. The summed E-state index contributed by atoms with van der Waals surface area (Å²) < 4.78 is 5.94. The van der Waals surface area contributed by atoms with Gasteiger partial charge in [0, 0.05) is 23.6 Å². The van der Waals surface area contributed by atoms with Gasteiger partial charge in [-0.1, -0.05) is 38.1 Å². The Bertz CT molecular complexity index is 1160. The van der Waals surface area contributed by atoms with Gasteiger partial charge in [0.25, 0.3) is 0 Å². The maximum Gasteiger partial charge on any atom is 0.307 e. The number of carboxylic acid groups (broad SMARTS) is 1. The lowest BCUT2D eigenvalue weighted by molar-refractivity contribution is -0.136. The molecule has 4 N–H and O–H groups in total. The molecule has 0 radical (unpaired) electrons. The lowest BCUT2D eigenvalue weighted by atomic mass is 9.89. The minimum Gasteiger partial charge on any atom is -0.481 e. The summed E-state index contributed by atoms with van der Waals surface area (Å²) in [6.45, 7) is 8.01. The molecule has 6 nitrogen and oxygen atoms in total. The zero-order chi connectivity index (χ0) is 24.9. The Morgan fingerprint density at radius 1 is 1.18 bits per heavy atom. The fourth-order valence-electron chi connectivity index (χ4n) is 3.92. The number of rotatable bonds is 10. The van der Waals surface area contributed by atoms with Gasteiger partial charge in [-0.25, -0.2) is 4.98 Å². The molecule has 1 aromatic heterocycles. The molecular formula is C27H32N2O4S. The smallest absolute Gasteiger partial charge is 0.307 e. The van der Waals surface area contributed by atoms with E-state index in [9.17, 15) is 15.0 Å². The Hall–Kier alpha value is -2.87. The minimum absolute atomic E-state index is 0.0404. The summed E-state index contributed by atoms with van der Waals surface area (Å²) in [5, 5.41) is 25.6. The number of aliphatic carboxylic acids is 1. The first-order valence-electron chi connectivity index (χ1n) is 11.2. The molecule has 0 saturated carbocycles. The van der Waals surface area contributed by atoms with Crippen molar-refractivity contribution in [2.75, 3.05) is 6.61 Å². The summed E-state index contributed by atoms with van der Waals surface area (Å²) >= 11 is 1.15. The number of aromatic nitrogens is 1. The van der Waals surface area contributed by atoms with Crippen LogP contribution in [0.2, 0.25) is 0 Å². The number of aliphatic hydroxyl groups is 1. The predicted octanol–water partition coefficient (Wildman–Crippen LogP) is 5.31. The third-order valence-electron chi connectivity index (χ3n) is 5.66. The quantitative estimate of drug-likeness (QED) is 0.338. The maximum absolute atomic E-state index is 11.5. The molecule has 0 amide bonds. The topological polar surface area (TPSA) is 106 Å². The van der Waals surface area contributed by atoms with Crippen LogP contribution in [0.4, 0.5) is 0 Å². The second-order valence-electron chi connectivity index (χ2n) is 9.12. The van der Waals surface area contributed by atoms with Gasteiger partial charge >= 0.3 is 5.97 Å². The number of carbonyl (C=O) groups is 1. The monoisotopic (exact) mass is 480 g/mol. The van der Waals surface area contributed by atoms with E-state index < -0.39 is 11.6 Å². The Kier molecular flexibility index (Phi) is 8.36. The van der Waals surface area contributed by atoms with Gasteiger partial charge in [0.1, 0.15) is 0 Å². The second-order valence-corrected chi connectivity index (χ2v) is 9.83. The van der Waals surface area contributed by atoms with Crippen LogP contribution in [-0.2, 0) is 23.2 Å². The SMILES string of the molecule is CC(C)c1cccc(-c2ccnc(OCCc3cc(SN)cc(C(C)(C)O)c3)c2)c1CC(=O)O. The van der Waals surface area contributed by atoms with Gasteiger partial charge < -0.3 is 14.9 Å². The van der Waals surface area contributed by atoms with Gasteiger partial charge in [-0.05, 0) is 83.3 Å². The molecule has 2 aromatic carbocycles. The van der Waals surface area contributed by atoms with E-state index in [2.05, 4.69) is 18.8 Å².